The summed E-state index contributed by atoms with van der Waals surface area (Å²) in [6.07, 6.45) is 2.95. The van der Waals surface area contributed by atoms with Crippen LogP contribution in [0.15, 0.2) is 0 Å². The second-order valence-electron chi connectivity index (χ2n) is 4.75. The fourth-order valence-corrected chi connectivity index (χ4v) is 1.99. The van der Waals surface area contributed by atoms with Gasteiger partial charge in [0.2, 0.25) is 0 Å². The molecule has 1 N–H and O–H groups in total. The molecule has 0 spiro atoms. The number of nitrogens with zero attached hydrogens (tertiary/aromatic N) is 1. The zero-order chi connectivity index (χ0) is 14.0. The van der Waals surface area contributed by atoms with Crippen molar-refractivity contribution >= 4 is 6.09 Å². The highest BCUT2D eigenvalue weighted by molar-refractivity contribution is 5.67. The number of nitrogens with one attached hydrogen (secondary N) is 1. The maximum Gasteiger partial charge on any atom is 0.407 e. The summed E-state index contributed by atoms with van der Waals surface area (Å²) < 4.78 is 5.35. The Bertz CT molecular complexity index is 212. The number of rotatable bonds is 4. The normalized spacial score (nSPS) is 17.0. The van der Waals surface area contributed by atoms with Gasteiger partial charge >= 0.3 is 6.09 Å². The molecule has 4 nitrogen and oxygen atoms in total. The minimum absolute atomic E-state index is 0.104. The summed E-state index contributed by atoms with van der Waals surface area (Å²) in [6, 6.07) is 0.146. The van der Waals surface area contributed by atoms with Gasteiger partial charge < -0.3 is 15.0 Å². The van der Waals surface area contributed by atoms with E-state index < -0.39 is 0 Å². The Kier molecular flexibility index (Phi) is 9.74. The van der Waals surface area contributed by atoms with E-state index in [1.54, 1.807) is 0 Å². The first kappa shape index (κ1) is 17.2. The smallest absolute Gasteiger partial charge is 0.407 e. The molecule has 18 heavy (non-hydrogen) atoms. The Hall–Kier alpha value is -0.770. The molecule has 0 saturated carbocycles. The van der Waals surface area contributed by atoms with Gasteiger partial charge in [-0.25, -0.2) is 4.79 Å². The molecule has 108 valence electrons. The summed E-state index contributed by atoms with van der Waals surface area (Å²) in [5.41, 5.74) is 0. The van der Waals surface area contributed by atoms with E-state index >= 15 is 0 Å². The molecule has 4 heteroatoms. The molecule has 1 aliphatic heterocycles. The first-order valence-electron chi connectivity index (χ1n) is 7.31. The quantitative estimate of drug-likeness (QED) is 0.842. The third kappa shape index (κ3) is 7.54. The minimum atomic E-state index is -0.274. The van der Waals surface area contributed by atoms with Gasteiger partial charge in [0.25, 0.3) is 0 Å². The summed E-state index contributed by atoms with van der Waals surface area (Å²) in [5.74, 6) is 0. The molecule has 0 unspecified atom stereocenters. The number of alkyl carbamates (subject to hydrolysis) is 1. The second kappa shape index (κ2) is 10.2. The summed E-state index contributed by atoms with van der Waals surface area (Å²) in [7, 11) is 0. The van der Waals surface area contributed by atoms with Gasteiger partial charge in [0.1, 0.15) is 6.10 Å². The highest BCUT2D eigenvalue weighted by Gasteiger charge is 2.21. The second-order valence-corrected chi connectivity index (χ2v) is 4.75. The highest BCUT2D eigenvalue weighted by atomic mass is 16.6. The number of piperidine rings is 1. The van der Waals surface area contributed by atoms with E-state index in [2.05, 4.69) is 17.1 Å². The van der Waals surface area contributed by atoms with E-state index in [0.29, 0.717) is 0 Å². The standard InChI is InChI=1S/C12H24N2O2.C2H6/c1-4-7-14-8-5-11(6-9-14)16-12(15)13-10(2)3;1-2/h10-11H,4-9H2,1-3H3,(H,13,15);1-2H3. The van der Waals surface area contributed by atoms with E-state index in [-0.39, 0.29) is 18.2 Å². The van der Waals surface area contributed by atoms with Crippen LogP contribution in [-0.4, -0.2) is 42.8 Å². The Balaban J connectivity index is 0.00000137. The number of carbonyl (C=O) groups is 1. The van der Waals surface area contributed by atoms with Crippen molar-refractivity contribution in [2.24, 2.45) is 0 Å². The number of amides is 1. The van der Waals surface area contributed by atoms with Crippen molar-refractivity contribution in [3.8, 4) is 0 Å². The Labute approximate surface area is 112 Å². The molecule has 0 aromatic rings. The number of carbonyl (C=O) groups excluding carboxylic acids is 1. The molecule has 1 saturated heterocycles. The van der Waals surface area contributed by atoms with Crippen LogP contribution in [0.4, 0.5) is 4.79 Å². The van der Waals surface area contributed by atoms with Gasteiger partial charge in [-0.1, -0.05) is 20.8 Å². The zero-order valence-corrected chi connectivity index (χ0v) is 12.7. The van der Waals surface area contributed by atoms with Crippen LogP contribution in [0, 0.1) is 0 Å². The van der Waals surface area contributed by atoms with Gasteiger partial charge in [-0.3, -0.25) is 0 Å². The van der Waals surface area contributed by atoms with Crippen LogP contribution in [0.2, 0.25) is 0 Å². The summed E-state index contributed by atoms with van der Waals surface area (Å²) in [4.78, 5) is 13.8. The van der Waals surface area contributed by atoms with Crippen LogP contribution in [0.5, 0.6) is 0 Å². The molecule has 1 amide bonds. The summed E-state index contributed by atoms with van der Waals surface area (Å²) in [5, 5.41) is 2.75. The molecule has 0 radical (unpaired) electrons. The van der Waals surface area contributed by atoms with Crippen molar-refractivity contribution in [1.82, 2.24) is 10.2 Å². The summed E-state index contributed by atoms with van der Waals surface area (Å²) >= 11 is 0. The van der Waals surface area contributed by atoms with Gasteiger partial charge in [0.15, 0.2) is 0 Å². The first-order valence-corrected chi connectivity index (χ1v) is 7.31. The minimum Gasteiger partial charge on any atom is -0.446 e. The molecule has 0 aromatic carbocycles. The summed E-state index contributed by atoms with van der Waals surface area (Å²) in [6.45, 7) is 13.3. The predicted molar refractivity (Wildman–Crippen MR) is 75.9 cm³/mol. The van der Waals surface area contributed by atoms with Crippen molar-refractivity contribution in [3.05, 3.63) is 0 Å². The molecule has 1 aliphatic rings. The molecule has 0 aliphatic carbocycles. The Morgan fingerprint density at radius 1 is 1.33 bits per heavy atom. The van der Waals surface area contributed by atoms with Crippen LogP contribution in [0.25, 0.3) is 0 Å². The topological polar surface area (TPSA) is 41.6 Å². The zero-order valence-electron chi connectivity index (χ0n) is 12.7. The molecular formula is C14H30N2O2. The van der Waals surface area contributed by atoms with Gasteiger partial charge in [0, 0.05) is 19.1 Å². The Morgan fingerprint density at radius 2 is 1.89 bits per heavy atom. The van der Waals surface area contributed by atoms with Gasteiger partial charge in [-0.15, -0.1) is 0 Å². The lowest BCUT2D eigenvalue weighted by molar-refractivity contribution is 0.0497. The van der Waals surface area contributed by atoms with Crippen molar-refractivity contribution < 1.29 is 9.53 Å². The predicted octanol–water partition coefficient (Wildman–Crippen LogP) is 3.02. The average Bonchev–Trinajstić information content (AvgIpc) is 2.33. The molecule has 1 fully saturated rings. The monoisotopic (exact) mass is 258 g/mol. The number of hydrogen-bond donors (Lipinski definition) is 1. The number of ether oxygens (including phenoxy) is 1. The first-order chi connectivity index (χ1) is 8.61. The largest absolute Gasteiger partial charge is 0.446 e. The maximum absolute atomic E-state index is 11.4. The van der Waals surface area contributed by atoms with Crippen molar-refractivity contribution in [2.45, 2.75) is 66.0 Å². The van der Waals surface area contributed by atoms with E-state index in [4.69, 9.17) is 4.74 Å². The molecular weight excluding hydrogens is 228 g/mol. The van der Waals surface area contributed by atoms with E-state index in [1.807, 2.05) is 27.7 Å². The van der Waals surface area contributed by atoms with E-state index in [0.717, 1.165) is 32.5 Å². The molecule has 1 rings (SSSR count). The fourth-order valence-electron chi connectivity index (χ4n) is 1.99. The Morgan fingerprint density at radius 3 is 2.33 bits per heavy atom. The van der Waals surface area contributed by atoms with Crippen molar-refractivity contribution in [2.75, 3.05) is 19.6 Å². The van der Waals surface area contributed by atoms with Crippen LogP contribution in [0.1, 0.15) is 53.9 Å². The molecule has 0 atom stereocenters. The number of hydrogen-bond acceptors (Lipinski definition) is 3. The van der Waals surface area contributed by atoms with Crippen LogP contribution in [0.3, 0.4) is 0 Å². The van der Waals surface area contributed by atoms with Crippen LogP contribution >= 0.6 is 0 Å². The molecule has 0 bridgehead atoms. The van der Waals surface area contributed by atoms with E-state index in [9.17, 15) is 4.79 Å². The number of likely N-dealkylation sites (tertiary alicyclic amines) is 1. The third-order valence-electron chi connectivity index (χ3n) is 2.75. The van der Waals surface area contributed by atoms with E-state index in [1.165, 1.54) is 6.42 Å². The van der Waals surface area contributed by atoms with Gasteiger partial charge in [-0.05, 0) is 39.7 Å². The molecule has 0 aromatic heterocycles. The maximum atomic E-state index is 11.4. The fraction of sp³-hybridized carbons (Fsp3) is 0.929. The lowest BCUT2D eigenvalue weighted by Gasteiger charge is -2.31. The SMILES string of the molecule is CC.CCCN1CCC(OC(=O)NC(C)C)CC1. The van der Waals surface area contributed by atoms with Crippen molar-refractivity contribution in [3.63, 3.8) is 0 Å². The lowest BCUT2D eigenvalue weighted by Crippen LogP contribution is -2.40. The average molecular weight is 258 g/mol. The third-order valence-corrected chi connectivity index (χ3v) is 2.75. The van der Waals surface area contributed by atoms with Crippen LogP contribution < -0.4 is 5.32 Å². The van der Waals surface area contributed by atoms with Gasteiger partial charge in [-0.2, -0.15) is 0 Å². The lowest BCUT2D eigenvalue weighted by atomic mass is 10.1. The highest BCUT2D eigenvalue weighted by Crippen LogP contribution is 2.13. The van der Waals surface area contributed by atoms with Crippen LogP contribution in [-0.2, 0) is 4.74 Å². The van der Waals surface area contributed by atoms with Crippen molar-refractivity contribution in [1.29, 1.82) is 0 Å². The van der Waals surface area contributed by atoms with Gasteiger partial charge in [0.05, 0.1) is 0 Å². The molecule has 1 heterocycles.